The van der Waals surface area contributed by atoms with Crippen LogP contribution < -0.4 is 5.32 Å². The lowest BCUT2D eigenvalue weighted by atomic mass is 9.91. The Balaban J connectivity index is 2.17. The third-order valence-corrected chi connectivity index (χ3v) is 4.58. The van der Waals surface area contributed by atoms with Crippen LogP contribution in [0.3, 0.4) is 0 Å². The number of hydrogen-bond acceptors (Lipinski definition) is 2. The van der Waals surface area contributed by atoms with Gasteiger partial charge in [0.15, 0.2) is 0 Å². The van der Waals surface area contributed by atoms with Crippen molar-refractivity contribution in [2.24, 2.45) is 0 Å². The minimum absolute atomic E-state index is 0.131. The molecule has 1 fully saturated rings. The monoisotopic (exact) mass is 368 g/mol. The molecule has 0 heterocycles. The summed E-state index contributed by atoms with van der Waals surface area (Å²) in [5.74, 6) is -0.131. The Morgan fingerprint density at radius 2 is 1.84 bits per heavy atom. The number of hydrogen-bond donors (Lipinski definition) is 1. The second-order valence-electron chi connectivity index (χ2n) is 5.04. The van der Waals surface area contributed by atoms with E-state index in [9.17, 15) is 10.1 Å². The predicted molar refractivity (Wildman–Crippen MR) is 82.7 cm³/mol. The molecular formula is C15H17IN2O. The van der Waals surface area contributed by atoms with Crippen LogP contribution in [0.15, 0.2) is 24.3 Å². The Kier molecular flexibility index (Phi) is 4.81. The van der Waals surface area contributed by atoms with Crippen LogP contribution in [0, 0.1) is 14.9 Å². The zero-order valence-corrected chi connectivity index (χ0v) is 12.9. The summed E-state index contributed by atoms with van der Waals surface area (Å²) in [5.41, 5.74) is -0.0195. The van der Waals surface area contributed by atoms with Gasteiger partial charge in [-0.1, -0.05) is 37.8 Å². The number of carbonyl (C=O) groups is 1. The molecule has 3 nitrogen and oxygen atoms in total. The number of amides is 1. The van der Waals surface area contributed by atoms with Crippen LogP contribution in [0.4, 0.5) is 0 Å². The van der Waals surface area contributed by atoms with Gasteiger partial charge in [0, 0.05) is 3.57 Å². The van der Waals surface area contributed by atoms with Crippen molar-refractivity contribution in [1.29, 1.82) is 5.26 Å². The molecular weight excluding hydrogens is 351 g/mol. The minimum atomic E-state index is -0.674. The molecule has 0 radical (unpaired) electrons. The van der Waals surface area contributed by atoms with Crippen LogP contribution in [0.5, 0.6) is 0 Å². The fourth-order valence-corrected chi connectivity index (χ4v) is 3.16. The highest BCUT2D eigenvalue weighted by molar-refractivity contribution is 14.1. The fourth-order valence-electron chi connectivity index (χ4n) is 2.53. The number of benzene rings is 1. The molecule has 0 bridgehead atoms. The van der Waals surface area contributed by atoms with Crippen LogP contribution in [0.2, 0.25) is 0 Å². The summed E-state index contributed by atoms with van der Waals surface area (Å²) >= 11 is 2.15. The highest BCUT2D eigenvalue weighted by Crippen LogP contribution is 2.27. The zero-order valence-electron chi connectivity index (χ0n) is 10.8. The van der Waals surface area contributed by atoms with E-state index in [0.717, 1.165) is 42.1 Å². The van der Waals surface area contributed by atoms with Crippen molar-refractivity contribution in [3.05, 3.63) is 33.4 Å². The lowest BCUT2D eigenvalue weighted by Crippen LogP contribution is -2.47. The molecule has 0 aliphatic heterocycles. The maximum atomic E-state index is 12.3. The van der Waals surface area contributed by atoms with Crippen molar-refractivity contribution in [2.75, 3.05) is 0 Å². The molecule has 1 aromatic carbocycles. The Hall–Kier alpha value is -1.09. The van der Waals surface area contributed by atoms with Crippen LogP contribution >= 0.6 is 22.6 Å². The van der Waals surface area contributed by atoms with Gasteiger partial charge >= 0.3 is 0 Å². The molecule has 1 amide bonds. The number of nitriles is 1. The summed E-state index contributed by atoms with van der Waals surface area (Å²) in [5, 5.41) is 12.4. The summed E-state index contributed by atoms with van der Waals surface area (Å²) in [6.45, 7) is 0. The first-order valence-corrected chi connectivity index (χ1v) is 7.73. The quantitative estimate of drug-likeness (QED) is 0.640. The topological polar surface area (TPSA) is 52.9 Å². The van der Waals surface area contributed by atoms with Gasteiger partial charge in [-0.15, -0.1) is 0 Å². The average molecular weight is 368 g/mol. The van der Waals surface area contributed by atoms with Gasteiger partial charge in [0.1, 0.15) is 5.54 Å². The molecule has 0 saturated heterocycles. The van der Waals surface area contributed by atoms with Crippen molar-refractivity contribution >= 4 is 28.5 Å². The van der Waals surface area contributed by atoms with Gasteiger partial charge in [-0.25, -0.2) is 0 Å². The van der Waals surface area contributed by atoms with E-state index in [0.29, 0.717) is 5.56 Å². The van der Waals surface area contributed by atoms with Crippen molar-refractivity contribution in [3.8, 4) is 6.07 Å². The first-order chi connectivity index (χ1) is 9.17. The van der Waals surface area contributed by atoms with Gasteiger partial charge in [-0.2, -0.15) is 5.26 Å². The van der Waals surface area contributed by atoms with Gasteiger partial charge in [-0.05, 0) is 47.6 Å². The Bertz CT molecular complexity index is 499. The predicted octanol–water partition coefficient (Wildman–Crippen LogP) is 3.64. The SMILES string of the molecule is N#CC1(NC(=O)c2ccccc2I)CCCCCC1. The van der Waals surface area contributed by atoms with E-state index in [-0.39, 0.29) is 5.91 Å². The molecule has 0 aromatic heterocycles. The molecule has 1 aliphatic rings. The number of nitrogens with one attached hydrogen (secondary N) is 1. The smallest absolute Gasteiger partial charge is 0.253 e. The van der Waals surface area contributed by atoms with Gasteiger partial charge in [-0.3, -0.25) is 4.79 Å². The highest BCUT2D eigenvalue weighted by atomic mass is 127. The van der Waals surface area contributed by atoms with E-state index >= 15 is 0 Å². The van der Waals surface area contributed by atoms with Gasteiger partial charge in [0.05, 0.1) is 11.6 Å². The summed E-state index contributed by atoms with van der Waals surface area (Å²) in [6.07, 6.45) is 5.86. The van der Waals surface area contributed by atoms with E-state index in [1.165, 1.54) is 0 Å². The maximum absolute atomic E-state index is 12.3. The molecule has 4 heteroatoms. The normalized spacial score (nSPS) is 18.1. The third-order valence-electron chi connectivity index (χ3n) is 3.64. The Morgan fingerprint density at radius 1 is 1.21 bits per heavy atom. The standard InChI is InChI=1S/C15H17IN2O/c16-13-8-4-3-7-12(13)14(19)18-15(11-17)9-5-1-2-6-10-15/h3-4,7-8H,1-2,5-6,9-10H2,(H,18,19). The molecule has 0 atom stereocenters. The van der Waals surface area contributed by atoms with E-state index in [1.807, 2.05) is 18.2 Å². The summed E-state index contributed by atoms with van der Waals surface area (Å²) < 4.78 is 0.916. The van der Waals surface area contributed by atoms with Crippen molar-refractivity contribution < 1.29 is 4.79 Å². The number of rotatable bonds is 2. The van der Waals surface area contributed by atoms with Crippen molar-refractivity contribution in [3.63, 3.8) is 0 Å². The fraction of sp³-hybridized carbons (Fsp3) is 0.467. The molecule has 2 rings (SSSR count). The lowest BCUT2D eigenvalue weighted by Gasteiger charge is -2.26. The third kappa shape index (κ3) is 3.47. The van der Waals surface area contributed by atoms with Crippen LogP contribution in [0.25, 0.3) is 0 Å². The highest BCUT2D eigenvalue weighted by Gasteiger charge is 2.33. The van der Waals surface area contributed by atoms with Crippen molar-refractivity contribution in [1.82, 2.24) is 5.32 Å². The first kappa shape index (κ1) is 14.3. The van der Waals surface area contributed by atoms with E-state index < -0.39 is 5.54 Å². The first-order valence-electron chi connectivity index (χ1n) is 6.65. The number of halogens is 1. The Morgan fingerprint density at radius 3 is 2.42 bits per heavy atom. The van der Waals surface area contributed by atoms with Gasteiger partial charge < -0.3 is 5.32 Å². The lowest BCUT2D eigenvalue weighted by molar-refractivity contribution is 0.0912. The summed E-state index contributed by atoms with van der Waals surface area (Å²) in [7, 11) is 0. The van der Waals surface area contributed by atoms with E-state index in [1.54, 1.807) is 6.07 Å². The second kappa shape index (κ2) is 6.38. The average Bonchev–Trinajstić information content (AvgIpc) is 2.65. The summed E-state index contributed by atoms with van der Waals surface area (Å²) in [6, 6.07) is 9.81. The molecule has 0 spiro atoms. The summed E-state index contributed by atoms with van der Waals surface area (Å²) in [4.78, 5) is 12.3. The maximum Gasteiger partial charge on any atom is 0.253 e. The number of carbonyl (C=O) groups excluding carboxylic acids is 1. The molecule has 1 N–H and O–H groups in total. The van der Waals surface area contributed by atoms with Gasteiger partial charge in [0.2, 0.25) is 0 Å². The Labute approximate surface area is 127 Å². The van der Waals surface area contributed by atoms with Gasteiger partial charge in [0.25, 0.3) is 5.91 Å². The second-order valence-corrected chi connectivity index (χ2v) is 6.20. The molecule has 100 valence electrons. The molecule has 1 aromatic rings. The van der Waals surface area contributed by atoms with Crippen molar-refractivity contribution in [2.45, 2.75) is 44.1 Å². The van der Waals surface area contributed by atoms with Crippen LogP contribution in [-0.2, 0) is 0 Å². The molecule has 1 aliphatic carbocycles. The largest absolute Gasteiger partial charge is 0.334 e. The van der Waals surface area contributed by atoms with Crippen LogP contribution in [-0.4, -0.2) is 11.4 Å². The minimum Gasteiger partial charge on any atom is -0.334 e. The van der Waals surface area contributed by atoms with E-state index in [4.69, 9.17) is 0 Å². The molecule has 0 unspecified atom stereocenters. The molecule has 1 saturated carbocycles. The molecule has 19 heavy (non-hydrogen) atoms. The number of nitrogens with zero attached hydrogens (tertiary/aromatic N) is 1. The van der Waals surface area contributed by atoms with E-state index in [2.05, 4.69) is 34.0 Å². The zero-order chi connectivity index (χ0) is 13.7. The van der Waals surface area contributed by atoms with Crippen LogP contribution in [0.1, 0.15) is 48.9 Å².